The maximum absolute atomic E-state index is 11.3. The zero-order valence-corrected chi connectivity index (χ0v) is 41.1. The van der Waals surface area contributed by atoms with Crippen LogP contribution in [0.2, 0.25) is 0 Å². The summed E-state index contributed by atoms with van der Waals surface area (Å²) in [7, 11) is 0. The van der Waals surface area contributed by atoms with E-state index >= 15 is 0 Å². The first kappa shape index (κ1) is 57.6. The maximum Gasteiger partial charge on any atom is 0.333 e. The van der Waals surface area contributed by atoms with Gasteiger partial charge in [-0.25, -0.2) is 9.59 Å². The normalized spacial score (nSPS) is 17.6. The van der Waals surface area contributed by atoms with Crippen molar-refractivity contribution in [3.8, 4) is 0 Å². The fourth-order valence-corrected chi connectivity index (χ4v) is 7.25. The molecule has 0 aromatic heterocycles. The van der Waals surface area contributed by atoms with Gasteiger partial charge < -0.3 is 75.8 Å². The Kier molecular flexibility index (Phi) is 29.3. The number of rotatable bonds is 47. The summed E-state index contributed by atoms with van der Waals surface area (Å²) < 4.78 is 88.7. The highest BCUT2D eigenvalue weighted by atomic mass is 16.6. The SMILES string of the molecule is C=C(C)C(=O)OCCOCCOCCOCCOCCOCCOCCOC1=C2C=CC(=C1)C2C1(C)C2=CC(OCCOCCOCCOCCOCCOCCOCCOC(=O)C(=C)C)=C1C=C2. The number of allylic oxidation sites excluding steroid dienone is 10. The lowest BCUT2D eigenvalue weighted by molar-refractivity contribution is -0.141. The van der Waals surface area contributed by atoms with E-state index in [2.05, 4.69) is 56.5 Å². The molecule has 4 aliphatic rings. The van der Waals surface area contributed by atoms with E-state index in [9.17, 15) is 9.59 Å². The van der Waals surface area contributed by atoms with Gasteiger partial charge in [0.25, 0.3) is 0 Å². The molecule has 0 radical (unpaired) electrons. The molecule has 0 fully saturated rings. The summed E-state index contributed by atoms with van der Waals surface area (Å²) in [6.45, 7) is 24.5. The fraction of sp³-hybridized carbons (Fsp3) is 0.647. The lowest BCUT2D eigenvalue weighted by Crippen LogP contribution is -2.26. The molecule has 2 unspecified atom stereocenters. The molecule has 18 nitrogen and oxygen atoms in total. The van der Waals surface area contributed by atoms with Crippen LogP contribution in [-0.2, 0) is 85.4 Å². The molecule has 0 aromatic rings. The van der Waals surface area contributed by atoms with Gasteiger partial charge >= 0.3 is 11.9 Å². The highest BCUT2D eigenvalue weighted by molar-refractivity contribution is 5.87. The third-order valence-corrected chi connectivity index (χ3v) is 10.7. The summed E-state index contributed by atoms with van der Waals surface area (Å²) in [6, 6.07) is 0. The van der Waals surface area contributed by atoms with Crippen LogP contribution in [0, 0.1) is 11.3 Å². The van der Waals surface area contributed by atoms with Gasteiger partial charge in [-0.15, -0.1) is 0 Å². The number of hydrogen-bond acceptors (Lipinski definition) is 18. The number of hydrogen-bond donors (Lipinski definition) is 0. The molecule has 0 saturated carbocycles. The first-order chi connectivity index (χ1) is 33.7. The third-order valence-electron chi connectivity index (χ3n) is 10.7. The number of ether oxygens (including phenoxy) is 16. The van der Waals surface area contributed by atoms with Gasteiger partial charge in [-0.3, -0.25) is 0 Å². The summed E-state index contributed by atoms with van der Waals surface area (Å²) in [5.74, 6) is 1.12. The van der Waals surface area contributed by atoms with E-state index in [1.54, 1.807) is 13.8 Å². The second-order valence-electron chi connectivity index (χ2n) is 16.0. The van der Waals surface area contributed by atoms with Crippen molar-refractivity contribution in [2.45, 2.75) is 20.8 Å². The van der Waals surface area contributed by atoms with Crippen LogP contribution in [0.5, 0.6) is 0 Å². The Morgan fingerprint density at radius 1 is 0.420 bits per heavy atom. The highest BCUT2D eigenvalue weighted by Crippen LogP contribution is 2.61. The van der Waals surface area contributed by atoms with Crippen LogP contribution in [0.15, 0.2) is 94.6 Å². The second-order valence-corrected chi connectivity index (χ2v) is 16.0. The quantitative estimate of drug-likeness (QED) is 0.0468. The van der Waals surface area contributed by atoms with Gasteiger partial charge in [-0.2, -0.15) is 0 Å². The van der Waals surface area contributed by atoms with E-state index in [1.165, 1.54) is 22.3 Å². The van der Waals surface area contributed by atoms with Crippen LogP contribution in [0.25, 0.3) is 0 Å². The van der Waals surface area contributed by atoms with Crippen LogP contribution in [-0.4, -0.2) is 197 Å². The van der Waals surface area contributed by atoms with Crippen molar-refractivity contribution in [1.29, 1.82) is 0 Å². The maximum atomic E-state index is 11.3. The number of fused-ring (bicyclic) bond motifs is 5. The highest BCUT2D eigenvalue weighted by Gasteiger charge is 2.52. The average molecular weight is 977 g/mol. The number of esters is 2. The van der Waals surface area contributed by atoms with E-state index in [4.69, 9.17) is 75.8 Å². The Bertz CT molecular complexity index is 1750. The van der Waals surface area contributed by atoms with Crippen molar-refractivity contribution in [2.75, 3.05) is 185 Å². The molecule has 0 N–H and O–H groups in total. The van der Waals surface area contributed by atoms with Crippen molar-refractivity contribution >= 4 is 11.9 Å². The van der Waals surface area contributed by atoms with Crippen LogP contribution in [0.1, 0.15) is 20.8 Å². The minimum atomic E-state index is -0.418. The number of carbonyl (C=O) groups is 2. The molecular formula is C51H76O18. The van der Waals surface area contributed by atoms with Gasteiger partial charge in [0.2, 0.25) is 0 Å². The van der Waals surface area contributed by atoms with Crippen molar-refractivity contribution in [3.05, 3.63) is 94.6 Å². The molecule has 4 bridgehead atoms. The van der Waals surface area contributed by atoms with Gasteiger partial charge in [0.1, 0.15) is 37.9 Å². The smallest absolute Gasteiger partial charge is 0.333 e. The molecule has 4 aliphatic carbocycles. The predicted molar refractivity (Wildman–Crippen MR) is 253 cm³/mol. The zero-order chi connectivity index (χ0) is 49.2. The van der Waals surface area contributed by atoms with E-state index in [0.717, 1.165) is 11.5 Å². The number of carbonyl (C=O) groups excluding carboxylic acids is 2. The predicted octanol–water partition coefficient (Wildman–Crippen LogP) is 4.61. The minimum absolute atomic E-state index is 0.165. The van der Waals surface area contributed by atoms with Crippen LogP contribution >= 0.6 is 0 Å². The summed E-state index contributed by atoms with van der Waals surface area (Å²) in [5, 5.41) is 0. The first-order valence-electron chi connectivity index (χ1n) is 23.9. The molecule has 0 spiro atoms. The Balaban J connectivity index is 0.910. The van der Waals surface area contributed by atoms with E-state index in [-0.39, 0.29) is 24.5 Å². The Labute approximate surface area is 408 Å². The van der Waals surface area contributed by atoms with Crippen molar-refractivity contribution in [1.82, 2.24) is 0 Å². The molecular weight excluding hydrogens is 901 g/mol. The van der Waals surface area contributed by atoms with Gasteiger partial charge in [-0.05, 0) is 37.1 Å². The average Bonchev–Trinajstić information content (AvgIpc) is 4.08. The van der Waals surface area contributed by atoms with Gasteiger partial charge in [-0.1, -0.05) is 44.4 Å². The topological polar surface area (TPSA) is 182 Å². The van der Waals surface area contributed by atoms with Crippen LogP contribution < -0.4 is 0 Å². The van der Waals surface area contributed by atoms with Crippen molar-refractivity contribution in [2.24, 2.45) is 11.3 Å². The Morgan fingerprint density at radius 3 is 1.09 bits per heavy atom. The van der Waals surface area contributed by atoms with Gasteiger partial charge in [0.15, 0.2) is 0 Å². The summed E-state index contributed by atoms with van der Waals surface area (Å²) in [5.41, 5.74) is 5.34. The lowest BCUT2D eigenvalue weighted by Gasteiger charge is -2.32. The molecule has 0 heterocycles. The molecule has 0 amide bonds. The van der Waals surface area contributed by atoms with Gasteiger partial charge in [0, 0.05) is 33.6 Å². The zero-order valence-electron chi connectivity index (χ0n) is 41.1. The van der Waals surface area contributed by atoms with E-state index < -0.39 is 11.9 Å². The van der Waals surface area contributed by atoms with Gasteiger partial charge in [0.05, 0.1) is 159 Å². The molecule has 0 aliphatic heterocycles. The Hall–Kier alpha value is -4.02. The van der Waals surface area contributed by atoms with Crippen LogP contribution in [0.4, 0.5) is 0 Å². The minimum Gasteiger partial charge on any atom is -0.491 e. The molecule has 18 heteroatoms. The summed E-state index contributed by atoms with van der Waals surface area (Å²) in [4.78, 5) is 22.5. The molecule has 2 atom stereocenters. The first-order valence-corrected chi connectivity index (χ1v) is 23.9. The monoisotopic (exact) mass is 977 g/mol. The molecule has 69 heavy (non-hydrogen) atoms. The van der Waals surface area contributed by atoms with E-state index in [0.29, 0.717) is 183 Å². The lowest BCUT2D eigenvalue weighted by atomic mass is 9.69. The second kappa shape index (κ2) is 35.1. The van der Waals surface area contributed by atoms with E-state index in [1.807, 2.05) is 0 Å². The summed E-state index contributed by atoms with van der Waals surface area (Å²) in [6.07, 6.45) is 13.0. The largest absolute Gasteiger partial charge is 0.491 e. The summed E-state index contributed by atoms with van der Waals surface area (Å²) >= 11 is 0. The van der Waals surface area contributed by atoms with Crippen molar-refractivity contribution in [3.63, 3.8) is 0 Å². The molecule has 388 valence electrons. The molecule has 4 rings (SSSR count). The Morgan fingerprint density at radius 2 is 0.739 bits per heavy atom. The molecule has 0 saturated heterocycles. The van der Waals surface area contributed by atoms with Crippen LogP contribution in [0.3, 0.4) is 0 Å². The molecule has 0 aromatic carbocycles. The third kappa shape index (κ3) is 21.9. The standard InChI is InChI=1S/C51H76O18/c1-40(2)49(52)68-36-32-64-28-24-60-20-16-56-12-10-54-14-18-58-22-26-62-30-34-66-46-38-42-6-8-44(46)48(42)51(5)43-7-9-45(51)47(39-43)67-35-31-63-27-23-59-19-15-55-11-13-57-17-21-61-25-29-65-33-37-69-50(53)41(3)4/h6-9,38-39,48H,1,3,10-37H2,2,4-5H3. The van der Waals surface area contributed by atoms with Crippen molar-refractivity contribution < 1.29 is 85.4 Å². The fourth-order valence-electron chi connectivity index (χ4n) is 7.25.